The van der Waals surface area contributed by atoms with E-state index in [1.165, 1.54) is 11.4 Å². The lowest BCUT2D eigenvalue weighted by molar-refractivity contribution is 0.136. The number of piperazine rings is 1. The second-order valence-corrected chi connectivity index (χ2v) is 5.28. The molecule has 1 aliphatic rings. The minimum Gasteiger partial charge on any atom is -0.388 e. The number of aryl methyl sites for hydroxylation is 1. The van der Waals surface area contributed by atoms with Crippen molar-refractivity contribution in [3.05, 3.63) is 23.0 Å². The zero-order valence-electron chi connectivity index (χ0n) is 11.7. The molecule has 0 amide bonds. The van der Waals surface area contributed by atoms with Crippen LogP contribution >= 0.6 is 0 Å². The molecule has 2 rings (SSSR count). The van der Waals surface area contributed by atoms with Gasteiger partial charge in [-0.1, -0.05) is 0 Å². The number of hydrogen-bond donors (Lipinski definition) is 2. The molecular weight excluding hydrogens is 226 g/mol. The fourth-order valence-electron chi connectivity index (χ4n) is 2.62. The molecule has 2 N–H and O–H groups in total. The molecule has 0 aliphatic carbocycles. The fraction of sp³-hybridized carbons (Fsp3) is 0.714. The fourth-order valence-corrected chi connectivity index (χ4v) is 2.62. The normalized spacial score (nSPS) is 19.1. The highest BCUT2D eigenvalue weighted by atomic mass is 16.3. The standard InChI is InChI=1S/C14H25N3O/c1-11-10-13(12(2)16(11)3)14(18)4-7-17-8-5-15-6-9-17/h10,14-15,18H,4-9H2,1-3H3. The minimum absolute atomic E-state index is 0.334. The van der Waals surface area contributed by atoms with Crippen LogP contribution in [0.1, 0.15) is 29.5 Å². The second-order valence-electron chi connectivity index (χ2n) is 5.28. The topological polar surface area (TPSA) is 40.4 Å². The van der Waals surface area contributed by atoms with E-state index in [0.29, 0.717) is 0 Å². The average molecular weight is 251 g/mol. The SMILES string of the molecule is Cc1cc(C(O)CCN2CCNCC2)c(C)n1C. The first-order chi connectivity index (χ1) is 8.59. The number of rotatable bonds is 4. The van der Waals surface area contributed by atoms with E-state index in [1.807, 2.05) is 0 Å². The number of nitrogens with zero attached hydrogens (tertiary/aromatic N) is 2. The Bertz CT molecular complexity index is 394. The van der Waals surface area contributed by atoms with Crippen molar-refractivity contribution in [3.8, 4) is 0 Å². The predicted octanol–water partition coefficient (Wildman–Crippen LogP) is 0.971. The van der Waals surface area contributed by atoms with E-state index in [0.717, 1.165) is 44.7 Å². The third-order valence-electron chi connectivity index (χ3n) is 4.10. The minimum atomic E-state index is -0.334. The summed E-state index contributed by atoms with van der Waals surface area (Å²) in [5.41, 5.74) is 3.48. The van der Waals surface area contributed by atoms with Crippen LogP contribution in [0.5, 0.6) is 0 Å². The summed E-state index contributed by atoms with van der Waals surface area (Å²) in [6, 6.07) is 2.11. The van der Waals surface area contributed by atoms with Crippen molar-refractivity contribution < 1.29 is 5.11 Å². The van der Waals surface area contributed by atoms with Gasteiger partial charge in [-0.3, -0.25) is 0 Å². The van der Waals surface area contributed by atoms with Crippen molar-refractivity contribution in [1.82, 2.24) is 14.8 Å². The quantitative estimate of drug-likeness (QED) is 0.838. The first kappa shape index (κ1) is 13.6. The van der Waals surface area contributed by atoms with Crippen LogP contribution in [0.15, 0.2) is 6.07 Å². The van der Waals surface area contributed by atoms with Crippen molar-refractivity contribution in [3.63, 3.8) is 0 Å². The second kappa shape index (κ2) is 5.87. The molecule has 0 aromatic carbocycles. The van der Waals surface area contributed by atoms with E-state index in [4.69, 9.17) is 0 Å². The Kier molecular flexibility index (Phi) is 4.43. The van der Waals surface area contributed by atoms with Gasteiger partial charge in [-0.2, -0.15) is 0 Å². The lowest BCUT2D eigenvalue weighted by atomic mass is 10.1. The molecule has 1 aliphatic heterocycles. The highest BCUT2D eigenvalue weighted by Gasteiger charge is 2.17. The molecule has 2 heterocycles. The smallest absolute Gasteiger partial charge is 0.0819 e. The molecule has 102 valence electrons. The summed E-state index contributed by atoms with van der Waals surface area (Å²) in [4.78, 5) is 2.42. The summed E-state index contributed by atoms with van der Waals surface area (Å²) in [6.45, 7) is 9.48. The van der Waals surface area contributed by atoms with Gasteiger partial charge < -0.3 is 19.9 Å². The molecule has 1 aromatic heterocycles. The summed E-state index contributed by atoms with van der Waals surface area (Å²) in [5, 5.41) is 13.7. The van der Waals surface area contributed by atoms with Crippen molar-refractivity contribution in [1.29, 1.82) is 0 Å². The number of aliphatic hydroxyl groups excluding tert-OH is 1. The van der Waals surface area contributed by atoms with Gasteiger partial charge in [0.05, 0.1) is 6.10 Å². The van der Waals surface area contributed by atoms with E-state index < -0.39 is 0 Å². The molecule has 18 heavy (non-hydrogen) atoms. The van der Waals surface area contributed by atoms with Gasteiger partial charge in [-0.25, -0.2) is 0 Å². The zero-order valence-corrected chi connectivity index (χ0v) is 11.7. The van der Waals surface area contributed by atoms with Crippen LogP contribution in [0.3, 0.4) is 0 Å². The van der Waals surface area contributed by atoms with Gasteiger partial charge in [0.2, 0.25) is 0 Å². The van der Waals surface area contributed by atoms with Crippen molar-refractivity contribution in [2.24, 2.45) is 7.05 Å². The zero-order chi connectivity index (χ0) is 13.1. The van der Waals surface area contributed by atoms with Crippen molar-refractivity contribution in [2.75, 3.05) is 32.7 Å². The number of nitrogens with one attached hydrogen (secondary N) is 1. The maximum atomic E-state index is 10.3. The predicted molar refractivity (Wildman–Crippen MR) is 73.8 cm³/mol. The lowest BCUT2D eigenvalue weighted by Gasteiger charge is -2.27. The van der Waals surface area contributed by atoms with Gasteiger partial charge in [-0.05, 0) is 26.3 Å². The van der Waals surface area contributed by atoms with E-state index in [2.05, 4.69) is 41.7 Å². The maximum Gasteiger partial charge on any atom is 0.0819 e. The Morgan fingerprint density at radius 2 is 2.00 bits per heavy atom. The Hall–Kier alpha value is -0.840. The van der Waals surface area contributed by atoms with Crippen molar-refractivity contribution in [2.45, 2.75) is 26.4 Å². The molecule has 1 unspecified atom stereocenters. The average Bonchev–Trinajstić information content (AvgIpc) is 2.65. The molecule has 1 aromatic rings. The summed E-state index contributed by atoms with van der Waals surface area (Å²) in [7, 11) is 2.05. The monoisotopic (exact) mass is 251 g/mol. The molecule has 4 nitrogen and oxygen atoms in total. The number of hydrogen-bond acceptors (Lipinski definition) is 3. The van der Waals surface area contributed by atoms with Crippen LogP contribution in [0.25, 0.3) is 0 Å². The molecule has 0 spiro atoms. The van der Waals surface area contributed by atoms with Crippen LogP contribution < -0.4 is 5.32 Å². The van der Waals surface area contributed by atoms with Crippen LogP contribution in [0, 0.1) is 13.8 Å². The molecule has 0 bridgehead atoms. The maximum absolute atomic E-state index is 10.3. The van der Waals surface area contributed by atoms with Gasteiger partial charge in [0.15, 0.2) is 0 Å². The summed E-state index contributed by atoms with van der Waals surface area (Å²) < 4.78 is 2.14. The number of aromatic nitrogens is 1. The van der Waals surface area contributed by atoms with Crippen LogP contribution in [0.2, 0.25) is 0 Å². The van der Waals surface area contributed by atoms with Gasteiger partial charge in [-0.15, -0.1) is 0 Å². The van der Waals surface area contributed by atoms with Crippen LogP contribution in [-0.2, 0) is 7.05 Å². The Morgan fingerprint density at radius 1 is 1.33 bits per heavy atom. The molecular formula is C14H25N3O. The van der Waals surface area contributed by atoms with Gasteiger partial charge >= 0.3 is 0 Å². The first-order valence-electron chi connectivity index (χ1n) is 6.83. The molecule has 4 heteroatoms. The molecule has 0 saturated carbocycles. The van der Waals surface area contributed by atoms with Gasteiger partial charge in [0.1, 0.15) is 0 Å². The van der Waals surface area contributed by atoms with Crippen LogP contribution in [-0.4, -0.2) is 47.3 Å². The summed E-state index contributed by atoms with van der Waals surface area (Å²) >= 11 is 0. The van der Waals surface area contributed by atoms with E-state index in [-0.39, 0.29) is 6.10 Å². The lowest BCUT2D eigenvalue weighted by Crippen LogP contribution is -2.44. The largest absolute Gasteiger partial charge is 0.388 e. The van der Waals surface area contributed by atoms with Crippen LogP contribution in [0.4, 0.5) is 0 Å². The van der Waals surface area contributed by atoms with E-state index >= 15 is 0 Å². The highest BCUT2D eigenvalue weighted by molar-refractivity contribution is 5.28. The highest BCUT2D eigenvalue weighted by Crippen LogP contribution is 2.23. The Labute approximate surface area is 110 Å². The van der Waals surface area contributed by atoms with E-state index in [9.17, 15) is 5.11 Å². The Balaban J connectivity index is 1.90. The third kappa shape index (κ3) is 2.94. The van der Waals surface area contributed by atoms with Gasteiger partial charge in [0.25, 0.3) is 0 Å². The molecule has 1 saturated heterocycles. The molecule has 1 atom stereocenters. The van der Waals surface area contributed by atoms with E-state index in [1.54, 1.807) is 0 Å². The summed E-state index contributed by atoms with van der Waals surface area (Å²) in [5.74, 6) is 0. The van der Waals surface area contributed by atoms with Crippen molar-refractivity contribution >= 4 is 0 Å². The summed E-state index contributed by atoms with van der Waals surface area (Å²) in [6.07, 6.45) is 0.490. The third-order valence-corrected chi connectivity index (χ3v) is 4.10. The Morgan fingerprint density at radius 3 is 2.56 bits per heavy atom. The molecule has 0 radical (unpaired) electrons. The van der Waals surface area contributed by atoms with Gasteiger partial charge in [0, 0.05) is 56.7 Å². The molecule has 1 fully saturated rings. The first-order valence-corrected chi connectivity index (χ1v) is 6.83. The number of aliphatic hydroxyl groups is 1.